The Balaban J connectivity index is 1.39. The van der Waals surface area contributed by atoms with Crippen LogP contribution in [0.4, 0.5) is 40.0 Å². The van der Waals surface area contributed by atoms with Crippen molar-refractivity contribution in [3.05, 3.63) is 71.8 Å². The van der Waals surface area contributed by atoms with Crippen molar-refractivity contribution >= 4 is 39.9 Å². The summed E-state index contributed by atoms with van der Waals surface area (Å²) < 4.78 is 56.6. The first-order valence-corrected chi connectivity index (χ1v) is 12.3. The number of carbonyl (C=O) groups excluding carboxylic acids is 1. The Morgan fingerprint density at radius 2 is 1.74 bits per heavy atom. The van der Waals surface area contributed by atoms with E-state index in [-0.39, 0.29) is 16.5 Å². The number of alkyl halides is 3. The van der Waals surface area contributed by atoms with Crippen LogP contribution in [-0.2, 0) is 6.18 Å². The molecule has 0 aliphatic carbocycles. The number of nitrogens with one attached hydrogen (secondary N) is 2. The molecule has 39 heavy (non-hydrogen) atoms. The largest absolute Gasteiger partial charge is 0.419 e. The summed E-state index contributed by atoms with van der Waals surface area (Å²) in [6.45, 7) is 1.66. The van der Waals surface area contributed by atoms with Gasteiger partial charge in [-0.3, -0.25) is 10.1 Å². The van der Waals surface area contributed by atoms with E-state index < -0.39 is 23.5 Å². The van der Waals surface area contributed by atoms with Crippen LogP contribution in [-0.4, -0.2) is 64.4 Å². The summed E-state index contributed by atoms with van der Waals surface area (Å²) in [6, 6.07) is 10.9. The fourth-order valence-corrected chi connectivity index (χ4v) is 3.97. The van der Waals surface area contributed by atoms with E-state index in [9.17, 15) is 22.4 Å². The molecule has 0 aliphatic heterocycles. The number of hydrogen-bond acceptors (Lipinski definition) is 9. The van der Waals surface area contributed by atoms with Gasteiger partial charge in [-0.1, -0.05) is 0 Å². The van der Waals surface area contributed by atoms with Crippen molar-refractivity contribution in [3.63, 3.8) is 0 Å². The number of benzene rings is 2. The average molecular weight is 561 g/mol. The van der Waals surface area contributed by atoms with Gasteiger partial charge in [0.25, 0.3) is 5.91 Å². The fourth-order valence-electron chi connectivity index (χ4n) is 3.38. The van der Waals surface area contributed by atoms with Crippen LogP contribution in [0.3, 0.4) is 0 Å². The van der Waals surface area contributed by atoms with E-state index in [4.69, 9.17) is 0 Å². The predicted octanol–water partition coefficient (Wildman–Crippen LogP) is 5.15. The van der Waals surface area contributed by atoms with Crippen molar-refractivity contribution in [1.82, 2.24) is 24.2 Å². The second kappa shape index (κ2) is 11.7. The highest BCUT2D eigenvalue weighted by molar-refractivity contribution is 7.10. The minimum atomic E-state index is -4.85. The molecule has 2 heterocycles. The highest BCUT2D eigenvalue weighted by Gasteiger charge is 2.34. The third-order valence-corrected chi connectivity index (χ3v) is 6.15. The molecule has 0 bridgehead atoms. The first-order valence-electron chi connectivity index (χ1n) is 11.6. The Morgan fingerprint density at radius 1 is 1.00 bits per heavy atom. The zero-order valence-corrected chi connectivity index (χ0v) is 21.9. The van der Waals surface area contributed by atoms with Crippen molar-refractivity contribution < 1.29 is 22.4 Å². The van der Waals surface area contributed by atoms with Crippen molar-refractivity contribution in [2.45, 2.75) is 6.18 Å². The molecule has 0 spiro atoms. The van der Waals surface area contributed by atoms with Crippen LogP contribution in [0.2, 0.25) is 0 Å². The Labute approximate surface area is 225 Å². The summed E-state index contributed by atoms with van der Waals surface area (Å²) in [6.07, 6.45) is -3.38. The smallest absolute Gasteiger partial charge is 0.358 e. The lowest BCUT2D eigenvalue weighted by Gasteiger charge is -2.20. The van der Waals surface area contributed by atoms with E-state index in [1.807, 2.05) is 32.1 Å². The molecule has 2 aromatic heterocycles. The quantitative estimate of drug-likeness (QED) is 0.272. The molecule has 0 unspecified atom stereocenters. The zero-order valence-electron chi connectivity index (χ0n) is 21.1. The number of carbonyl (C=O) groups is 1. The van der Waals surface area contributed by atoms with Gasteiger partial charge in [0.15, 0.2) is 5.82 Å². The molecule has 14 heteroatoms. The van der Waals surface area contributed by atoms with E-state index in [0.717, 1.165) is 36.5 Å². The normalized spacial score (nSPS) is 11.5. The fraction of sp³-hybridized carbons (Fsp3) is 0.240. The molecule has 0 saturated carbocycles. The van der Waals surface area contributed by atoms with Gasteiger partial charge in [-0.15, -0.1) is 0 Å². The molecule has 2 aromatic carbocycles. The third kappa shape index (κ3) is 7.23. The minimum Gasteiger partial charge on any atom is -0.358 e. The number of nitrogens with zero attached hydrogens (tertiary/aromatic N) is 6. The molecule has 0 radical (unpaired) electrons. The predicted molar refractivity (Wildman–Crippen MR) is 142 cm³/mol. The maximum absolute atomic E-state index is 13.6. The van der Waals surface area contributed by atoms with Gasteiger partial charge in [0.2, 0.25) is 5.13 Å². The maximum atomic E-state index is 13.6. The highest BCUT2D eigenvalue weighted by atomic mass is 32.1. The Hall–Kier alpha value is -4.17. The number of likely N-dealkylation sites (N-methyl/N-ethyl adjacent to an activating group) is 2. The lowest BCUT2D eigenvalue weighted by atomic mass is 10.1. The van der Waals surface area contributed by atoms with Gasteiger partial charge in [-0.05, 0) is 56.6 Å². The van der Waals surface area contributed by atoms with Crippen LogP contribution >= 0.6 is 11.5 Å². The van der Waals surface area contributed by atoms with Crippen molar-refractivity contribution in [2.75, 3.05) is 49.8 Å². The molecule has 4 aromatic rings. The summed E-state index contributed by atoms with van der Waals surface area (Å²) in [5.74, 6) is -0.578. The van der Waals surface area contributed by atoms with Crippen molar-refractivity contribution in [1.29, 1.82) is 0 Å². The Bertz CT molecular complexity index is 1440. The summed E-state index contributed by atoms with van der Waals surface area (Å²) in [7, 11) is 5.95. The van der Waals surface area contributed by atoms with Gasteiger partial charge < -0.3 is 15.1 Å². The van der Waals surface area contributed by atoms with Gasteiger partial charge in [0.1, 0.15) is 23.8 Å². The lowest BCUT2D eigenvalue weighted by Crippen LogP contribution is -2.29. The average Bonchev–Trinajstić information content (AvgIpc) is 3.35. The molecule has 0 saturated heterocycles. The molecule has 0 atom stereocenters. The molecule has 204 valence electrons. The number of rotatable bonds is 9. The molecule has 0 fully saturated rings. The van der Waals surface area contributed by atoms with Crippen molar-refractivity contribution in [3.8, 4) is 11.4 Å². The second-order valence-electron chi connectivity index (χ2n) is 8.76. The second-order valence-corrected chi connectivity index (χ2v) is 9.51. The van der Waals surface area contributed by atoms with Gasteiger partial charge in [-0.2, -0.15) is 22.5 Å². The molecular formula is C25H24F4N8OS. The number of hydrogen-bond donors (Lipinski definition) is 2. The van der Waals surface area contributed by atoms with E-state index >= 15 is 0 Å². The van der Waals surface area contributed by atoms with Crippen LogP contribution < -0.4 is 15.5 Å². The number of aromatic nitrogens is 4. The van der Waals surface area contributed by atoms with Crippen LogP contribution in [0, 0.1) is 5.82 Å². The third-order valence-electron chi connectivity index (χ3n) is 5.52. The Morgan fingerprint density at radius 3 is 2.44 bits per heavy atom. The van der Waals surface area contributed by atoms with Gasteiger partial charge in [0.05, 0.1) is 5.56 Å². The van der Waals surface area contributed by atoms with E-state index in [2.05, 4.69) is 34.9 Å². The SMILES string of the molecule is CN(C)CCN(C)c1cc(Nc2ccc(C(=O)Nc3nc(-c4ccc(F)c(C(F)(F)F)c4)ns3)cc2)ncn1. The molecular weight excluding hydrogens is 536 g/mol. The monoisotopic (exact) mass is 560 g/mol. The molecule has 0 aliphatic rings. The van der Waals surface area contributed by atoms with E-state index in [0.29, 0.717) is 29.2 Å². The zero-order chi connectivity index (χ0) is 28.2. The van der Waals surface area contributed by atoms with Crippen LogP contribution in [0.25, 0.3) is 11.4 Å². The number of halogens is 4. The molecule has 9 nitrogen and oxygen atoms in total. The topological polar surface area (TPSA) is 99.2 Å². The lowest BCUT2D eigenvalue weighted by molar-refractivity contribution is -0.139. The van der Waals surface area contributed by atoms with Gasteiger partial charge >= 0.3 is 6.18 Å². The first-order chi connectivity index (χ1) is 18.5. The molecule has 4 rings (SSSR count). The molecule has 1 amide bonds. The van der Waals surface area contributed by atoms with E-state index in [1.165, 1.54) is 6.33 Å². The first kappa shape index (κ1) is 27.9. The van der Waals surface area contributed by atoms with Crippen molar-refractivity contribution in [2.24, 2.45) is 0 Å². The standard InChI is InChI=1S/C25H24F4N8OS/c1-36(2)10-11-37(3)21-13-20(30-14-31-21)32-17-7-4-15(5-8-17)23(38)34-24-33-22(35-39-24)16-6-9-19(26)18(12-16)25(27,28)29/h4-9,12-14H,10-11H2,1-3H3,(H,30,31,32)(H,33,34,35,38). The minimum absolute atomic E-state index is 0.0207. The highest BCUT2D eigenvalue weighted by Crippen LogP contribution is 2.34. The number of amides is 1. The maximum Gasteiger partial charge on any atom is 0.419 e. The Kier molecular flexibility index (Phi) is 8.35. The summed E-state index contributed by atoms with van der Waals surface area (Å²) in [5.41, 5.74) is -0.413. The van der Waals surface area contributed by atoms with Crippen LogP contribution in [0.1, 0.15) is 15.9 Å². The summed E-state index contributed by atoms with van der Waals surface area (Å²) in [5, 5.41) is 5.83. The summed E-state index contributed by atoms with van der Waals surface area (Å²) >= 11 is 0.797. The van der Waals surface area contributed by atoms with Crippen LogP contribution in [0.5, 0.6) is 0 Å². The van der Waals surface area contributed by atoms with Crippen LogP contribution in [0.15, 0.2) is 54.9 Å². The van der Waals surface area contributed by atoms with Gasteiger partial charge in [-0.25, -0.2) is 14.4 Å². The number of anilines is 4. The summed E-state index contributed by atoms with van der Waals surface area (Å²) in [4.78, 5) is 29.4. The molecule has 2 N–H and O–H groups in total. The van der Waals surface area contributed by atoms with Gasteiger partial charge in [0, 0.05) is 54.6 Å². The van der Waals surface area contributed by atoms with E-state index in [1.54, 1.807) is 24.3 Å².